The number of nitrogens with one attached hydrogen (secondary N) is 1. The summed E-state index contributed by atoms with van der Waals surface area (Å²) in [5.74, 6) is -0.587. The van der Waals surface area contributed by atoms with Crippen LogP contribution < -0.4 is 11.1 Å². The molecule has 1 amide bonds. The summed E-state index contributed by atoms with van der Waals surface area (Å²) in [5, 5.41) is 2.65. The molecule has 0 aliphatic carbocycles. The Morgan fingerprint density at radius 2 is 2.00 bits per heavy atom. The van der Waals surface area contributed by atoms with Gasteiger partial charge in [0.1, 0.15) is 5.60 Å². The predicted octanol–water partition coefficient (Wildman–Crippen LogP) is 1.73. The van der Waals surface area contributed by atoms with Crippen LogP contribution in [0.4, 0.5) is 5.69 Å². The SMILES string of the molecule is CC(C)(C)OC(=O)CCNC(=O)c1cccc(N)c1. The number of hydrogen-bond donors (Lipinski definition) is 2. The van der Waals surface area contributed by atoms with Gasteiger partial charge in [0, 0.05) is 17.8 Å². The highest BCUT2D eigenvalue weighted by atomic mass is 16.6. The summed E-state index contributed by atoms with van der Waals surface area (Å²) < 4.78 is 5.13. The van der Waals surface area contributed by atoms with Gasteiger partial charge in [-0.2, -0.15) is 0 Å². The third kappa shape index (κ3) is 5.90. The maximum atomic E-state index is 11.7. The lowest BCUT2D eigenvalue weighted by atomic mass is 10.2. The highest BCUT2D eigenvalue weighted by Gasteiger charge is 2.16. The van der Waals surface area contributed by atoms with Crippen molar-refractivity contribution in [2.24, 2.45) is 0 Å². The first-order valence-corrected chi connectivity index (χ1v) is 6.13. The van der Waals surface area contributed by atoms with Gasteiger partial charge in [-0.05, 0) is 39.0 Å². The average molecular weight is 264 g/mol. The van der Waals surface area contributed by atoms with Crippen molar-refractivity contribution in [3.63, 3.8) is 0 Å². The molecule has 0 unspecified atom stereocenters. The van der Waals surface area contributed by atoms with Crippen LogP contribution >= 0.6 is 0 Å². The predicted molar refractivity (Wildman–Crippen MR) is 73.6 cm³/mol. The van der Waals surface area contributed by atoms with E-state index in [1.165, 1.54) is 0 Å². The first-order valence-electron chi connectivity index (χ1n) is 6.13. The molecule has 0 aliphatic rings. The van der Waals surface area contributed by atoms with Crippen molar-refractivity contribution < 1.29 is 14.3 Å². The number of esters is 1. The Hall–Kier alpha value is -2.04. The highest BCUT2D eigenvalue weighted by Crippen LogP contribution is 2.08. The molecule has 0 radical (unpaired) electrons. The van der Waals surface area contributed by atoms with Gasteiger partial charge in [-0.15, -0.1) is 0 Å². The number of amides is 1. The summed E-state index contributed by atoms with van der Waals surface area (Å²) in [6, 6.07) is 6.66. The number of nitrogen functional groups attached to an aromatic ring is 1. The molecule has 0 aromatic heterocycles. The third-order valence-corrected chi connectivity index (χ3v) is 2.18. The molecule has 0 heterocycles. The van der Waals surface area contributed by atoms with Crippen molar-refractivity contribution >= 4 is 17.6 Å². The Labute approximate surface area is 113 Å². The molecule has 0 atom stereocenters. The molecule has 1 aromatic carbocycles. The second-order valence-corrected chi connectivity index (χ2v) is 5.22. The van der Waals surface area contributed by atoms with Crippen LogP contribution in [-0.2, 0) is 9.53 Å². The van der Waals surface area contributed by atoms with Gasteiger partial charge >= 0.3 is 5.97 Å². The average Bonchev–Trinajstić information content (AvgIpc) is 2.26. The van der Waals surface area contributed by atoms with E-state index < -0.39 is 5.60 Å². The molecule has 0 saturated carbocycles. The third-order valence-electron chi connectivity index (χ3n) is 2.18. The Balaban J connectivity index is 2.37. The van der Waals surface area contributed by atoms with Crippen LogP contribution in [-0.4, -0.2) is 24.0 Å². The topological polar surface area (TPSA) is 81.4 Å². The Kier molecular flexibility index (Phi) is 4.92. The summed E-state index contributed by atoms with van der Waals surface area (Å²) in [7, 11) is 0. The fourth-order valence-corrected chi connectivity index (χ4v) is 1.45. The Bertz CT molecular complexity index is 464. The molecular formula is C14H20N2O3. The largest absolute Gasteiger partial charge is 0.460 e. The second kappa shape index (κ2) is 6.22. The number of nitrogens with two attached hydrogens (primary N) is 1. The summed E-state index contributed by atoms with van der Waals surface area (Å²) in [5.41, 5.74) is 6.09. The molecule has 3 N–H and O–H groups in total. The highest BCUT2D eigenvalue weighted by molar-refractivity contribution is 5.95. The lowest BCUT2D eigenvalue weighted by Gasteiger charge is -2.19. The van der Waals surface area contributed by atoms with Gasteiger partial charge in [0.15, 0.2) is 0 Å². The minimum atomic E-state index is -0.505. The number of benzene rings is 1. The van der Waals surface area contributed by atoms with Crippen LogP contribution in [0.3, 0.4) is 0 Å². The fraction of sp³-hybridized carbons (Fsp3) is 0.429. The van der Waals surface area contributed by atoms with E-state index >= 15 is 0 Å². The lowest BCUT2D eigenvalue weighted by molar-refractivity contribution is -0.154. The minimum absolute atomic E-state index is 0.144. The normalized spacial score (nSPS) is 10.9. The van der Waals surface area contributed by atoms with Crippen LogP contribution in [0.5, 0.6) is 0 Å². The van der Waals surface area contributed by atoms with Crippen LogP contribution in [0.15, 0.2) is 24.3 Å². The van der Waals surface area contributed by atoms with Crippen molar-refractivity contribution in [3.8, 4) is 0 Å². The molecule has 0 spiro atoms. The van der Waals surface area contributed by atoms with E-state index in [0.29, 0.717) is 11.3 Å². The van der Waals surface area contributed by atoms with Gasteiger partial charge in [0.2, 0.25) is 0 Å². The minimum Gasteiger partial charge on any atom is -0.460 e. The number of carbonyl (C=O) groups is 2. The molecule has 1 aromatic rings. The smallest absolute Gasteiger partial charge is 0.308 e. The summed E-state index contributed by atoms with van der Waals surface area (Å²) >= 11 is 0. The van der Waals surface area contributed by atoms with E-state index in [1.54, 1.807) is 45.0 Å². The molecule has 5 nitrogen and oxygen atoms in total. The molecule has 1 rings (SSSR count). The quantitative estimate of drug-likeness (QED) is 0.641. The monoisotopic (exact) mass is 264 g/mol. The Morgan fingerprint density at radius 3 is 2.58 bits per heavy atom. The van der Waals surface area contributed by atoms with E-state index in [4.69, 9.17) is 10.5 Å². The zero-order chi connectivity index (χ0) is 14.5. The molecule has 5 heteroatoms. The molecule has 0 aliphatic heterocycles. The number of rotatable bonds is 4. The first-order chi connectivity index (χ1) is 8.78. The molecule has 0 fully saturated rings. The molecule has 0 bridgehead atoms. The van der Waals surface area contributed by atoms with Gasteiger partial charge < -0.3 is 15.8 Å². The van der Waals surface area contributed by atoms with Crippen LogP contribution in [0.25, 0.3) is 0 Å². The van der Waals surface area contributed by atoms with E-state index in [0.717, 1.165) is 0 Å². The van der Waals surface area contributed by atoms with E-state index in [2.05, 4.69) is 5.32 Å². The molecule has 104 valence electrons. The number of hydrogen-bond acceptors (Lipinski definition) is 4. The summed E-state index contributed by atoms with van der Waals surface area (Å²) in [6.07, 6.45) is 0.144. The van der Waals surface area contributed by atoms with E-state index in [-0.39, 0.29) is 24.8 Å². The van der Waals surface area contributed by atoms with Crippen LogP contribution in [0.2, 0.25) is 0 Å². The van der Waals surface area contributed by atoms with Gasteiger partial charge in [0.25, 0.3) is 5.91 Å². The second-order valence-electron chi connectivity index (χ2n) is 5.22. The number of anilines is 1. The van der Waals surface area contributed by atoms with Crippen molar-refractivity contribution in [2.45, 2.75) is 32.8 Å². The van der Waals surface area contributed by atoms with Crippen molar-refractivity contribution in [2.75, 3.05) is 12.3 Å². The molecule has 19 heavy (non-hydrogen) atoms. The zero-order valence-corrected chi connectivity index (χ0v) is 11.5. The van der Waals surface area contributed by atoms with E-state index in [1.807, 2.05) is 0 Å². The van der Waals surface area contributed by atoms with Gasteiger partial charge in [-0.1, -0.05) is 6.07 Å². The molecule has 0 saturated heterocycles. The van der Waals surface area contributed by atoms with Gasteiger partial charge in [-0.25, -0.2) is 0 Å². The maximum Gasteiger partial charge on any atom is 0.308 e. The lowest BCUT2D eigenvalue weighted by Crippen LogP contribution is -2.29. The standard InChI is InChI=1S/C14H20N2O3/c1-14(2,3)19-12(17)7-8-16-13(18)10-5-4-6-11(15)9-10/h4-6,9H,7-8,15H2,1-3H3,(H,16,18). The zero-order valence-electron chi connectivity index (χ0n) is 11.5. The summed E-state index contributed by atoms with van der Waals surface area (Å²) in [6.45, 7) is 5.64. The summed E-state index contributed by atoms with van der Waals surface area (Å²) in [4.78, 5) is 23.2. The van der Waals surface area contributed by atoms with Crippen molar-refractivity contribution in [3.05, 3.63) is 29.8 Å². The van der Waals surface area contributed by atoms with Gasteiger partial charge in [0.05, 0.1) is 6.42 Å². The number of carbonyl (C=O) groups excluding carboxylic acids is 2. The number of ether oxygens (including phenoxy) is 1. The van der Waals surface area contributed by atoms with Crippen LogP contribution in [0.1, 0.15) is 37.6 Å². The molecular weight excluding hydrogens is 244 g/mol. The Morgan fingerprint density at radius 1 is 1.32 bits per heavy atom. The van der Waals surface area contributed by atoms with Gasteiger partial charge in [-0.3, -0.25) is 9.59 Å². The first kappa shape index (κ1) is 15.0. The van der Waals surface area contributed by atoms with Crippen molar-refractivity contribution in [1.29, 1.82) is 0 Å². The fourth-order valence-electron chi connectivity index (χ4n) is 1.45. The van der Waals surface area contributed by atoms with Crippen LogP contribution in [0, 0.1) is 0 Å². The van der Waals surface area contributed by atoms with Crippen molar-refractivity contribution in [1.82, 2.24) is 5.32 Å². The van der Waals surface area contributed by atoms with E-state index in [9.17, 15) is 9.59 Å². The maximum absolute atomic E-state index is 11.7.